The Balaban J connectivity index is 0. The number of nitrogens with two attached hydrogens (primary N) is 1. The van der Waals surface area contributed by atoms with Crippen molar-refractivity contribution in [1.29, 1.82) is 0 Å². The van der Waals surface area contributed by atoms with Crippen LogP contribution in [0.25, 0.3) is 0 Å². The van der Waals surface area contributed by atoms with Crippen molar-refractivity contribution in [2.24, 2.45) is 17.1 Å². The summed E-state index contributed by atoms with van der Waals surface area (Å²) in [6, 6.07) is 0. The monoisotopic (exact) mass is 244 g/mol. The number of hydrogen-bond donors (Lipinski definition) is 1. The molecule has 0 bridgehead atoms. The van der Waals surface area contributed by atoms with Gasteiger partial charge < -0.3 is 10.6 Å². The Morgan fingerprint density at radius 2 is 1.82 bits per heavy atom. The molecule has 3 heteroatoms. The van der Waals surface area contributed by atoms with Crippen molar-refractivity contribution >= 4 is 5.91 Å². The third kappa shape index (κ3) is 4.66. The van der Waals surface area contributed by atoms with Crippen LogP contribution in [0.4, 0.5) is 0 Å². The van der Waals surface area contributed by atoms with Crippen LogP contribution in [-0.2, 0) is 4.79 Å². The van der Waals surface area contributed by atoms with Crippen LogP contribution < -0.4 is 5.73 Å². The molecule has 1 rings (SSSR count). The van der Waals surface area contributed by atoms with Gasteiger partial charge in [0.2, 0.25) is 5.91 Å². The molecular formula is C14H32N2O. The second-order valence-electron chi connectivity index (χ2n) is 5.20. The number of piperidine rings is 1. The smallest absolute Gasteiger partial charge is 0.236 e. The van der Waals surface area contributed by atoms with E-state index in [0.29, 0.717) is 5.41 Å². The van der Waals surface area contributed by atoms with Gasteiger partial charge in [0, 0.05) is 14.5 Å². The zero-order valence-electron chi connectivity index (χ0n) is 12.3. The first kappa shape index (κ1) is 16.4. The van der Waals surface area contributed by atoms with Crippen molar-refractivity contribution in [2.45, 2.75) is 53.9 Å². The summed E-state index contributed by atoms with van der Waals surface area (Å²) in [4.78, 5) is 13.3. The maximum Gasteiger partial charge on any atom is 0.236 e. The molecule has 0 atom stereocenters. The van der Waals surface area contributed by atoms with Crippen LogP contribution in [0.1, 0.15) is 55.3 Å². The van der Waals surface area contributed by atoms with Gasteiger partial charge in [0.25, 0.3) is 0 Å². The lowest BCUT2D eigenvalue weighted by atomic mass is 9.72. The van der Waals surface area contributed by atoms with Crippen molar-refractivity contribution in [3.8, 4) is 0 Å². The number of nitrogens with zero attached hydrogens (tertiary/aromatic N) is 1. The fraction of sp³-hybridized carbons (Fsp3) is 0.929. The molecule has 17 heavy (non-hydrogen) atoms. The number of likely N-dealkylation sites (tertiary alicyclic amines) is 1. The summed E-state index contributed by atoms with van der Waals surface area (Å²) in [7, 11) is 0. The van der Waals surface area contributed by atoms with Gasteiger partial charge in [-0.05, 0) is 24.2 Å². The van der Waals surface area contributed by atoms with E-state index in [9.17, 15) is 4.79 Å². The zero-order chi connectivity index (χ0) is 13.5. The first-order chi connectivity index (χ1) is 8.01. The first-order valence-corrected chi connectivity index (χ1v) is 6.99. The largest absolute Gasteiger partial charge is 0.342 e. The Kier molecular flexibility index (Phi) is 7.44. The predicted octanol–water partition coefficient (Wildman–Crippen LogP) is 2.89. The molecule has 0 aromatic heterocycles. The highest BCUT2D eigenvalue weighted by Gasteiger charge is 2.31. The molecule has 0 saturated carbocycles. The SMILES string of the molecule is CC.CCC(C)(C)C1CCN(C(=O)CN)CC1.[HH]. The van der Waals surface area contributed by atoms with Gasteiger partial charge in [0.05, 0.1) is 6.54 Å². The van der Waals surface area contributed by atoms with Crippen molar-refractivity contribution in [2.75, 3.05) is 19.6 Å². The summed E-state index contributed by atoms with van der Waals surface area (Å²) in [6.45, 7) is 12.9. The minimum absolute atomic E-state index is 0. The minimum atomic E-state index is 0. The second-order valence-corrected chi connectivity index (χ2v) is 5.20. The van der Waals surface area contributed by atoms with Crippen molar-refractivity contribution in [3.05, 3.63) is 0 Å². The fourth-order valence-corrected chi connectivity index (χ4v) is 2.33. The van der Waals surface area contributed by atoms with E-state index in [4.69, 9.17) is 5.73 Å². The summed E-state index contributed by atoms with van der Waals surface area (Å²) in [5.41, 5.74) is 5.77. The Morgan fingerprint density at radius 3 is 2.18 bits per heavy atom. The molecule has 1 aliphatic rings. The van der Waals surface area contributed by atoms with Gasteiger partial charge in [-0.15, -0.1) is 0 Å². The predicted molar refractivity (Wildman–Crippen MR) is 75.9 cm³/mol. The van der Waals surface area contributed by atoms with Gasteiger partial charge in [-0.1, -0.05) is 41.0 Å². The van der Waals surface area contributed by atoms with Gasteiger partial charge in [-0.3, -0.25) is 4.79 Å². The molecule has 1 saturated heterocycles. The van der Waals surface area contributed by atoms with E-state index in [2.05, 4.69) is 20.8 Å². The third-order valence-electron chi connectivity index (χ3n) is 4.04. The van der Waals surface area contributed by atoms with Crippen molar-refractivity contribution < 1.29 is 6.22 Å². The normalized spacial score (nSPS) is 17.4. The average Bonchev–Trinajstić information content (AvgIpc) is 2.40. The molecule has 1 amide bonds. The van der Waals surface area contributed by atoms with Crippen LogP contribution in [-0.4, -0.2) is 30.4 Å². The average molecular weight is 244 g/mol. The summed E-state index contributed by atoms with van der Waals surface area (Å²) < 4.78 is 0. The number of amides is 1. The number of rotatable bonds is 3. The molecule has 0 aromatic rings. The topological polar surface area (TPSA) is 46.3 Å². The summed E-state index contributed by atoms with van der Waals surface area (Å²) in [5.74, 6) is 0.854. The van der Waals surface area contributed by atoms with Crippen molar-refractivity contribution in [1.82, 2.24) is 4.90 Å². The van der Waals surface area contributed by atoms with Gasteiger partial charge >= 0.3 is 0 Å². The maximum atomic E-state index is 11.4. The van der Waals surface area contributed by atoms with Gasteiger partial charge in [0.15, 0.2) is 0 Å². The third-order valence-corrected chi connectivity index (χ3v) is 4.04. The number of carbonyl (C=O) groups is 1. The molecule has 3 nitrogen and oxygen atoms in total. The van der Waals surface area contributed by atoms with Crippen LogP contribution in [0.5, 0.6) is 0 Å². The zero-order valence-corrected chi connectivity index (χ0v) is 12.3. The van der Waals surface area contributed by atoms with E-state index in [0.717, 1.165) is 31.8 Å². The fourth-order valence-electron chi connectivity index (χ4n) is 2.33. The van der Waals surface area contributed by atoms with Gasteiger partial charge in [-0.2, -0.15) is 0 Å². The van der Waals surface area contributed by atoms with E-state index in [1.807, 2.05) is 18.7 Å². The summed E-state index contributed by atoms with van der Waals surface area (Å²) in [6.07, 6.45) is 3.47. The molecule has 0 aliphatic carbocycles. The molecule has 104 valence electrons. The van der Waals surface area contributed by atoms with E-state index >= 15 is 0 Å². The standard InChI is InChI=1S/C12H24N2O.C2H6.H2/c1-4-12(2,3)10-5-7-14(8-6-10)11(15)9-13;1-2;/h10H,4-9,13H2,1-3H3;1-2H3;1H. The molecule has 1 aliphatic heterocycles. The highest BCUT2D eigenvalue weighted by atomic mass is 16.2. The van der Waals surface area contributed by atoms with Crippen molar-refractivity contribution in [3.63, 3.8) is 0 Å². The molecule has 0 aromatic carbocycles. The lowest BCUT2D eigenvalue weighted by molar-refractivity contribution is -0.131. The Morgan fingerprint density at radius 1 is 1.35 bits per heavy atom. The molecule has 2 N–H and O–H groups in total. The quantitative estimate of drug-likeness (QED) is 0.829. The molecular weight excluding hydrogens is 212 g/mol. The van der Waals surface area contributed by atoms with Gasteiger partial charge in [-0.25, -0.2) is 0 Å². The Labute approximate surface area is 108 Å². The van der Waals surface area contributed by atoms with Crippen LogP contribution >= 0.6 is 0 Å². The van der Waals surface area contributed by atoms with Crippen LogP contribution in [0.3, 0.4) is 0 Å². The Bertz CT molecular complexity index is 224. The van der Waals surface area contributed by atoms with E-state index in [1.165, 1.54) is 6.42 Å². The van der Waals surface area contributed by atoms with E-state index in [1.54, 1.807) is 0 Å². The number of hydrogen-bond acceptors (Lipinski definition) is 2. The lowest BCUT2D eigenvalue weighted by Gasteiger charge is -2.40. The minimum Gasteiger partial charge on any atom is -0.342 e. The Hall–Kier alpha value is -0.570. The second kappa shape index (κ2) is 7.70. The summed E-state index contributed by atoms with van der Waals surface area (Å²) in [5, 5.41) is 0. The highest BCUT2D eigenvalue weighted by Crippen LogP contribution is 2.37. The van der Waals surface area contributed by atoms with Gasteiger partial charge in [0.1, 0.15) is 0 Å². The van der Waals surface area contributed by atoms with E-state index in [-0.39, 0.29) is 13.9 Å². The molecule has 1 fully saturated rings. The maximum absolute atomic E-state index is 11.4. The van der Waals surface area contributed by atoms with Crippen LogP contribution in [0.2, 0.25) is 0 Å². The molecule has 0 unspecified atom stereocenters. The highest BCUT2D eigenvalue weighted by molar-refractivity contribution is 5.78. The lowest BCUT2D eigenvalue weighted by Crippen LogP contribution is -2.44. The first-order valence-electron chi connectivity index (χ1n) is 6.99. The van der Waals surface area contributed by atoms with Crippen LogP contribution in [0, 0.1) is 11.3 Å². The summed E-state index contributed by atoms with van der Waals surface area (Å²) >= 11 is 0. The van der Waals surface area contributed by atoms with Crippen LogP contribution in [0.15, 0.2) is 0 Å². The molecule has 0 spiro atoms. The molecule has 1 heterocycles. The number of carbonyl (C=O) groups excluding carboxylic acids is 1. The molecule has 0 radical (unpaired) electrons. The van der Waals surface area contributed by atoms with E-state index < -0.39 is 0 Å².